The van der Waals surface area contributed by atoms with Gasteiger partial charge in [-0.05, 0) is 57.0 Å². The third-order valence-corrected chi connectivity index (χ3v) is 5.56. The summed E-state index contributed by atoms with van der Waals surface area (Å²) in [7, 11) is 1.67. The highest BCUT2D eigenvalue weighted by Crippen LogP contribution is 2.33. The third kappa shape index (κ3) is 6.26. The summed E-state index contributed by atoms with van der Waals surface area (Å²) in [6.07, 6.45) is 3.10. The fourth-order valence-corrected chi connectivity index (χ4v) is 3.65. The predicted octanol–water partition coefficient (Wildman–Crippen LogP) is 3.18. The molecule has 1 saturated heterocycles. The van der Waals surface area contributed by atoms with Crippen molar-refractivity contribution < 1.29 is 28.5 Å². The molecule has 1 aromatic rings. The van der Waals surface area contributed by atoms with Crippen molar-refractivity contribution in [3.8, 4) is 11.5 Å². The first-order valence-electron chi connectivity index (χ1n) is 10.7. The van der Waals surface area contributed by atoms with E-state index in [1.807, 2.05) is 25.1 Å². The number of carbonyl (C=O) groups excluding carboxylic acids is 2. The minimum Gasteiger partial charge on any atom is -0.454 e. The number of carbonyl (C=O) groups is 2. The molecule has 1 amide bonds. The van der Waals surface area contributed by atoms with Crippen LogP contribution in [0.2, 0.25) is 0 Å². The Bertz CT molecular complexity index is 734. The average molecular weight is 421 g/mol. The molecule has 2 atom stereocenters. The lowest BCUT2D eigenvalue weighted by Crippen LogP contribution is -2.39. The Morgan fingerprint density at radius 1 is 1.10 bits per heavy atom. The zero-order valence-electron chi connectivity index (χ0n) is 18.1. The maximum Gasteiger partial charge on any atom is 0.412 e. The first-order chi connectivity index (χ1) is 14.4. The molecule has 0 spiro atoms. The Balaban J connectivity index is 1.39. The Morgan fingerprint density at radius 2 is 1.83 bits per heavy atom. The van der Waals surface area contributed by atoms with Gasteiger partial charge in [-0.15, -0.1) is 0 Å². The monoisotopic (exact) mass is 420 g/mol. The van der Waals surface area contributed by atoms with Crippen molar-refractivity contribution in [1.82, 2.24) is 9.80 Å². The fraction of sp³-hybridized carbons (Fsp3) is 0.636. The summed E-state index contributed by atoms with van der Waals surface area (Å²) in [5.74, 6) is 1.10. The van der Waals surface area contributed by atoms with Crippen LogP contribution in [0.15, 0.2) is 18.2 Å². The highest BCUT2D eigenvalue weighted by Gasteiger charge is 2.23. The Hall–Kier alpha value is -2.48. The first kappa shape index (κ1) is 22.2. The van der Waals surface area contributed by atoms with Crippen LogP contribution in [-0.4, -0.2) is 67.7 Å². The minimum absolute atomic E-state index is 0.111. The number of benzene rings is 1. The molecule has 2 aliphatic heterocycles. The summed E-state index contributed by atoms with van der Waals surface area (Å²) >= 11 is 0. The summed E-state index contributed by atoms with van der Waals surface area (Å²) in [6.45, 7) is 6.48. The molecule has 2 heterocycles. The number of esters is 1. The fourth-order valence-electron chi connectivity index (χ4n) is 3.65. The number of piperidine rings is 1. The number of nitrogens with zero attached hydrogens (tertiary/aromatic N) is 2. The standard InChI is InChI=1S/C22H32N2O6/c1-16(13-18-7-8-19-20(14-18)28-15-27-19)23(3)22(26)30-17(2)29-21(25)9-12-24-10-5-4-6-11-24/h7-8,14,16-17H,4-6,9-13,15H2,1-3H3. The second kappa shape index (κ2) is 10.5. The molecule has 166 valence electrons. The van der Waals surface area contributed by atoms with Crippen LogP contribution >= 0.6 is 0 Å². The van der Waals surface area contributed by atoms with Crippen molar-refractivity contribution in [2.75, 3.05) is 33.5 Å². The predicted molar refractivity (Wildman–Crippen MR) is 110 cm³/mol. The van der Waals surface area contributed by atoms with E-state index in [4.69, 9.17) is 18.9 Å². The van der Waals surface area contributed by atoms with Gasteiger partial charge < -0.3 is 28.7 Å². The second-order valence-corrected chi connectivity index (χ2v) is 7.95. The summed E-state index contributed by atoms with van der Waals surface area (Å²) in [5, 5.41) is 0. The molecule has 30 heavy (non-hydrogen) atoms. The van der Waals surface area contributed by atoms with Gasteiger partial charge in [-0.25, -0.2) is 4.79 Å². The van der Waals surface area contributed by atoms with Gasteiger partial charge in [-0.2, -0.15) is 0 Å². The number of fused-ring (bicyclic) bond motifs is 1. The van der Waals surface area contributed by atoms with Crippen molar-refractivity contribution in [2.24, 2.45) is 0 Å². The number of likely N-dealkylation sites (tertiary alicyclic amines) is 1. The van der Waals surface area contributed by atoms with Gasteiger partial charge in [-0.3, -0.25) is 4.79 Å². The lowest BCUT2D eigenvalue weighted by molar-refractivity contribution is -0.166. The molecule has 0 aliphatic carbocycles. The van der Waals surface area contributed by atoms with Crippen LogP contribution in [0.5, 0.6) is 11.5 Å². The van der Waals surface area contributed by atoms with E-state index >= 15 is 0 Å². The summed E-state index contributed by atoms with van der Waals surface area (Å²) in [5.41, 5.74) is 1.03. The van der Waals surface area contributed by atoms with E-state index in [-0.39, 0.29) is 18.8 Å². The number of hydrogen-bond donors (Lipinski definition) is 0. The largest absolute Gasteiger partial charge is 0.454 e. The summed E-state index contributed by atoms with van der Waals surface area (Å²) in [4.78, 5) is 28.2. The van der Waals surface area contributed by atoms with E-state index in [0.717, 1.165) is 30.2 Å². The molecule has 0 N–H and O–H groups in total. The van der Waals surface area contributed by atoms with E-state index < -0.39 is 12.4 Å². The lowest BCUT2D eigenvalue weighted by Gasteiger charge is -2.27. The van der Waals surface area contributed by atoms with E-state index in [9.17, 15) is 9.59 Å². The number of likely N-dealkylation sites (N-methyl/N-ethyl adjacent to an activating group) is 1. The van der Waals surface area contributed by atoms with Crippen LogP contribution < -0.4 is 9.47 Å². The Kier molecular flexibility index (Phi) is 7.79. The highest BCUT2D eigenvalue weighted by atomic mass is 16.7. The van der Waals surface area contributed by atoms with Gasteiger partial charge in [-0.1, -0.05) is 12.5 Å². The minimum atomic E-state index is -0.924. The van der Waals surface area contributed by atoms with Gasteiger partial charge >= 0.3 is 12.1 Å². The van der Waals surface area contributed by atoms with Crippen LogP contribution in [-0.2, 0) is 20.7 Å². The van der Waals surface area contributed by atoms with Crippen LogP contribution in [0.4, 0.5) is 4.79 Å². The molecule has 8 nitrogen and oxygen atoms in total. The zero-order valence-corrected chi connectivity index (χ0v) is 18.1. The van der Waals surface area contributed by atoms with Crippen molar-refractivity contribution in [3.63, 3.8) is 0 Å². The van der Waals surface area contributed by atoms with E-state index in [0.29, 0.717) is 19.4 Å². The van der Waals surface area contributed by atoms with Gasteiger partial charge in [0.05, 0.1) is 6.42 Å². The van der Waals surface area contributed by atoms with Gasteiger partial charge in [0.2, 0.25) is 13.1 Å². The Morgan fingerprint density at radius 3 is 2.60 bits per heavy atom. The van der Waals surface area contributed by atoms with Crippen molar-refractivity contribution in [1.29, 1.82) is 0 Å². The van der Waals surface area contributed by atoms with Gasteiger partial charge in [0, 0.05) is 26.6 Å². The number of rotatable bonds is 8. The van der Waals surface area contributed by atoms with Gasteiger partial charge in [0.15, 0.2) is 11.5 Å². The van der Waals surface area contributed by atoms with Crippen molar-refractivity contribution in [3.05, 3.63) is 23.8 Å². The normalized spacial score (nSPS) is 17.8. The van der Waals surface area contributed by atoms with Crippen molar-refractivity contribution in [2.45, 2.75) is 58.3 Å². The number of ether oxygens (including phenoxy) is 4. The molecular formula is C22H32N2O6. The molecule has 0 aromatic heterocycles. The molecule has 0 saturated carbocycles. The number of amides is 1. The third-order valence-electron chi connectivity index (χ3n) is 5.56. The SMILES string of the molecule is CC(OC(=O)CCN1CCCCC1)OC(=O)N(C)C(C)Cc1ccc2c(c1)OCO2. The molecule has 2 unspecified atom stereocenters. The first-order valence-corrected chi connectivity index (χ1v) is 10.7. The van der Waals surface area contributed by atoms with Crippen LogP contribution in [0.3, 0.4) is 0 Å². The van der Waals surface area contributed by atoms with Crippen LogP contribution in [0, 0.1) is 0 Å². The molecule has 3 rings (SSSR count). The quantitative estimate of drug-likeness (QED) is 0.472. The maximum atomic E-state index is 12.4. The Labute approximate surface area is 178 Å². The highest BCUT2D eigenvalue weighted by molar-refractivity contribution is 5.71. The second-order valence-electron chi connectivity index (χ2n) is 7.95. The van der Waals surface area contributed by atoms with E-state index in [2.05, 4.69) is 4.90 Å². The molecular weight excluding hydrogens is 388 g/mol. The molecule has 0 bridgehead atoms. The van der Waals surface area contributed by atoms with Crippen molar-refractivity contribution >= 4 is 12.1 Å². The zero-order chi connectivity index (χ0) is 21.5. The maximum absolute atomic E-state index is 12.4. The van der Waals surface area contributed by atoms with E-state index in [1.165, 1.54) is 24.2 Å². The summed E-state index contributed by atoms with van der Waals surface area (Å²) in [6, 6.07) is 5.63. The topological polar surface area (TPSA) is 77.5 Å². The molecule has 8 heteroatoms. The smallest absolute Gasteiger partial charge is 0.412 e. The molecule has 1 fully saturated rings. The van der Waals surface area contributed by atoms with E-state index in [1.54, 1.807) is 14.0 Å². The van der Waals surface area contributed by atoms with Crippen LogP contribution in [0.25, 0.3) is 0 Å². The molecule has 2 aliphatic rings. The molecule has 0 radical (unpaired) electrons. The summed E-state index contributed by atoms with van der Waals surface area (Å²) < 4.78 is 21.3. The van der Waals surface area contributed by atoms with Gasteiger partial charge in [0.25, 0.3) is 0 Å². The van der Waals surface area contributed by atoms with Gasteiger partial charge in [0.1, 0.15) is 0 Å². The average Bonchev–Trinajstić information content (AvgIpc) is 3.20. The van der Waals surface area contributed by atoms with Crippen LogP contribution in [0.1, 0.15) is 45.1 Å². The molecule has 1 aromatic carbocycles. The number of hydrogen-bond acceptors (Lipinski definition) is 7. The lowest BCUT2D eigenvalue weighted by atomic mass is 10.1.